The van der Waals surface area contributed by atoms with Gasteiger partial charge in [0, 0.05) is 0 Å². The molecule has 8 nitrogen and oxygen atoms in total. The molecule has 1 aromatic heterocycles. The lowest BCUT2D eigenvalue weighted by molar-refractivity contribution is -0.120. The summed E-state index contributed by atoms with van der Waals surface area (Å²) in [5, 5.41) is 6.22. The third-order valence-electron chi connectivity index (χ3n) is 3.66. The highest BCUT2D eigenvalue weighted by molar-refractivity contribution is 5.94. The standard InChI is InChI=1S/C21H17N3O5/c25-19(14-22-20(26)18-7-4-12-28-18)24-23-13-15-8-10-17(11-9-15)29-21(27)16-5-2-1-3-6-16/h1-13H,14H2,(H,22,26)(H,24,25). The maximum Gasteiger partial charge on any atom is 0.343 e. The monoisotopic (exact) mass is 391 g/mol. The average molecular weight is 391 g/mol. The molecule has 3 aromatic rings. The molecule has 0 bridgehead atoms. The lowest BCUT2D eigenvalue weighted by Gasteiger charge is -2.04. The first-order chi connectivity index (χ1) is 14.1. The molecule has 0 radical (unpaired) electrons. The van der Waals surface area contributed by atoms with Crippen molar-refractivity contribution in [2.24, 2.45) is 5.10 Å². The molecule has 29 heavy (non-hydrogen) atoms. The first-order valence-corrected chi connectivity index (χ1v) is 8.63. The number of rotatable bonds is 7. The van der Waals surface area contributed by atoms with Gasteiger partial charge in [-0.15, -0.1) is 0 Å². The number of furan rings is 1. The minimum absolute atomic E-state index is 0.120. The molecule has 0 saturated carbocycles. The highest BCUT2D eigenvalue weighted by Crippen LogP contribution is 2.13. The molecule has 2 amide bonds. The largest absolute Gasteiger partial charge is 0.459 e. The number of ether oxygens (including phenoxy) is 1. The number of esters is 1. The predicted octanol–water partition coefficient (Wildman–Crippen LogP) is 2.38. The Kier molecular flexibility index (Phi) is 6.51. The van der Waals surface area contributed by atoms with Crippen LogP contribution in [0, 0.1) is 0 Å². The second-order valence-corrected chi connectivity index (χ2v) is 5.78. The number of hydrogen-bond acceptors (Lipinski definition) is 6. The van der Waals surface area contributed by atoms with Gasteiger partial charge in [0.15, 0.2) is 5.76 Å². The molecule has 8 heteroatoms. The third kappa shape index (κ3) is 5.90. The van der Waals surface area contributed by atoms with Crippen LogP contribution in [0.1, 0.15) is 26.5 Å². The van der Waals surface area contributed by atoms with Crippen LogP contribution in [0.25, 0.3) is 0 Å². The number of benzene rings is 2. The Morgan fingerprint density at radius 2 is 1.72 bits per heavy atom. The van der Waals surface area contributed by atoms with Gasteiger partial charge in [-0.25, -0.2) is 10.2 Å². The number of hydrazone groups is 1. The van der Waals surface area contributed by atoms with Crippen LogP contribution in [0.3, 0.4) is 0 Å². The zero-order chi connectivity index (χ0) is 20.5. The van der Waals surface area contributed by atoms with Crippen LogP contribution in [0.2, 0.25) is 0 Å². The minimum Gasteiger partial charge on any atom is -0.459 e. The molecule has 0 atom stereocenters. The second kappa shape index (κ2) is 9.65. The number of hydrogen-bond donors (Lipinski definition) is 2. The third-order valence-corrected chi connectivity index (χ3v) is 3.66. The van der Waals surface area contributed by atoms with Crippen molar-refractivity contribution in [3.05, 3.63) is 89.9 Å². The highest BCUT2D eigenvalue weighted by Gasteiger charge is 2.10. The van der Waals surface area contributed by atoms with Crippen LogP contribution >= 0.6 is 0 Å². The van der Waals surface area contributed by atoms with E-state index in [0.717, 1.165) is 0 Å². The van der Waals surface area contributed by atoms with Crippen LogP contribution in [0.15, 0.2) is 82.5 Å². The first kappa shape index (κ1) is 19.6. The molecule has 0 aliphatic carbocycles. The number of carbonyl (C=O) groups excluding carboxylic acids is 3. The normalized spacial score (nSPS) is 10.5. The van der Waals surface area contributed by atoms with Crippen LogP contribution < -0.4 is 15.5 Å². The molecule has 0 fully saturated rings. The van der Waals surface area contributed by atoms with E-state index in [9.17, 15) is 14.4 Å². The van der Waals surface area contributed by atoms with E-state index in [1.54, 1.807) is 54.6 Å². The van der Waals surface area contributed by atoms with E-state index in [4.69, 9.17) is 9.15 Å². The van der Waals surface area contributed by atoms with Crippen molar-refractivity contribution < 1.29 is 23.5 Å². The summed E-state index contributed by atoms with van der Waals surface area (Å²) in [5.74, 6) is -0.921. The molecule has 0 saturated heterocycles. The quantitative estimate of drug-likeness (QED) is 0.278. The Hall–Kier alpha value is -4.20. The summed E-state index contributed by atoms with van der Waals surface area (Å²) in [5.41, 5.74) is 3.44. The molecule has 0 aliphatic rings. The van der Waals surface area contributed by atoms with Crippen LogP contribution in [0.4, 0.5) is 0 Å². The van der Waals surface area contributed by atoms with E-state index >= 15 is 0 Å². The highest BCUT2D eigenvalue weighted by atomic mass is 16.5. The minimum atomic E-state index is -0.491. The molecule has 1 heterocycles. The number of nitrogens with zero attached hydrogens (tertiary/aromatic N) is 1. The smallest absolute Gasteiger partial charge is 0.343 e. The fraction of sp³-hybridized carbons (Fsp3) is 0.0476. The summed E-state index contributed by atoms with van der Waals surface area (Å²) in [7, 11) is 0. The Labute approximate surface area is 166 Å². The summed E-state index contributed by atoms with van der Waals surface area (Å²) in [6, 6.07) is 18.3. The summed E-state index contributed by atoms with van der Waals surface area (Å²) < 4.78 is 10.2. The van der Waals surface area contributed by atoms with Gasteiger partial charge in [0.1, 0.15) is 5.75 Å². The van der Waals surface area contributed by atoms with E-state index in [-0.39, 0.29) is 12.3 Å². The SMILES string of the molecule is O=C(CNC(=O)c1ccco1)NN=Cc1ccc(OC(=O)c2ccccc2)cc1. The average Bonchev–Trinajstić information content (AvgIpc) is 3.29. The number of carbonyl (C=O) groups is 3. The van der Waals surface area contributed by atoms with Gasteiger partial charge in [0.05, 0.1) is 24.6 Å². The van der Waals surface area contributed by atoms with Crippen LogP contribution in [-0.2, 0) is 4.79 Å². The first-order valence-electron chi connectivity index (χ1n) is 8.63. The van der Waals surface area contributed by atoms with Crippen molar-refractivity contribution >= 4 is 24.0 Å². The van der Waals surface area contributed by atoms with E-state index in [0.29, 0.717) is 16.9 Å². The van der Waals surface area contributed by atoms with Gasteiger partial charge in [-0.2, -0.15) is 5.10 Å². The zero-order valence-electron chi connectivity index (χ0n) is 15.2. The molecule has 0 unspecified atom stereocenters. The van der Waals surface area contributed by atoms with Gasteiger partial charge in [-0.05, 0) is 54.1 Å². The fourth-order valence-electron chi connectivity index (χ4n) is 2.24. The zero-order valence-corrected chi connectivity index (χ0v) is 15.2. The van der Waals surface area contributed by atoms with Crippen molar-refractivity contribution in [3.63, 3.8) is 0 Å². The summed E-state index contributed by atoms with van der Waals surface area (Å²) >= 11 is 0. The summed E-state index contributed by atoms with van der Waals surface area (Å²) in [6.45, 7) is -0.245. The predicted molar refractivity (Wildman–Crippen MR) is 105 cm³/mol. The lowest BCUT2D eigenvalue weighted by atomic mass is 10.2. The summed E-state index contributed by atoms with van der Waals surface area (Å²) in [6.07, 6.45) is 2.79. The Bertz CT molecular complexity index is 997. The van der Waals surface area contributed by atoms with Gasteiger partial charge in [0.2, 0.25) is 0 Å². The Balaban J connectivity index is 1.44. The van der Waals surface area contributed by atoms with E-state index in [1.807, 2.05) is 6.07 Å². The fourth-order valence-corrected chi connectivity index (χ4v) is 2.24. The van der Waals surface area contributed by atoms with Gasteiger partial charge in [0.25, 0.3) is 11.8 Å². The second-order valence-electron chi connectivity index (χ2n) is 5.78. The number of amides is 2. The molecule has 0 spiro atoms. The van der Waals surface area contributed by atoms with Crippen LogP contribution in [0.5, 0.6) is 5.75 Å². The molecular weight excluding hydrogens is 374 g/mol. The summed E-state index contributed by atoms with van der Waals surface area (Å²) in [4.78, 5) is 35.3. The maximum absolute atomic E-state index is 12.0. The number of nitrogens with one attached hydrogen (secondary N) is 2. The van der Waals surface area contributed by atoms with Gasteiger partial charge in [-0.3, -0.25) is 9.59 Å². The van der Waals surface area contributed by atoms with Gasteiger partial charge < -0.3 is 14.5 Å². The van der Waals surface area contributed by atoms with Crippen molar-refractivity contribution in [3.8, 4) is 5.75 Å². The van der Waals surface area contributed by atoms with Gasteiger partial charge in [-0.1, -0.05) is 18.2 Å². The topological polar surface area (TPSA) is 110 Å². The molecular formula is C21H17N3O5. The molecule has 3 rings (SSSR count). The van der Waals surface area contributed by atoms with E-state index < -0.39 is 17.8 Å². The van der Waals surface area contributed by atoms with E-state index in [1.165, 1.54) is 18.5 Å². The Morgan fingerprint density at radius 1 is 0.966 bits per heavy atom. The van der Waals surface area contributed by atoms with Crippen molar-refractivity contribution in [2.75, 3.05) is 6.54 Å². The molecule has 2 aromatic carbocycles. The maximum atomic E-state index is 12.0. The molecule has 2 N–H and O–H groups in total. The van der Waals surface area contributed by atoms with Crippen molar-refractivity contribution in [1.82, 2.24) is 10.7 Å². The van der Waals surface area contributed by atoms with Crippen molar-refractivity contribution in [1.29, 1.82) is 0 Å². The van der Waals surface area contributed by atoms with Gasteiger partial charge >= 0.3 is 5.97 Å². The van der Waals surface area contributed by atoms with E-state index in [2.05, 4.69) is 15.8 Å². The molecule has 146 valence electrons. The lowest BCUT2D eigenvalue weighted by Crippen LogP contribution is -2.34. The van der Waals surface area contributed by atoms with Crippen LogP contribution in [-0.4, -0.2) is 30.5 Å². The van der Waals surface area contributed by atoms with Crippen molar-refractivity contribution in [2.45, 2.75) is 0 Å². The Morgan fingerprint density at radius 3 is 2.41 bits per heavy atom. The molecule has 0 aliphatic heterocycles.